The van der Waals surface area contributed by atoms with Gasteiger partial charge in [0.1, 0.15) is 18.1 Å². The highest BCUT2D eigenvalue weighted by atomic mass is 35.5. The lowest BCUT2D eigenvalue weighted by molar-refractivity contribution is 0.201. The second-order valence-corrected chi connectivity index (χ2v) is 6.68. The Bertz CT molecular complexity index is 901. The molecule has 0 amide bonds. The van der Waals surface area contributed by atoms with Crippen molar-refractivity contribution < 1.29 is 14.9 Å². The number of aliphatic hydroxyl groups excluding tert-OH is 1. The van der Waals surface area contributed by atoms with Crippen LogP contribution in [-0.4, -0.2) is 29.3 Å². The van der Waals surface area contributed by atoms with E-state index < -0.39 is 0 Å². The van der Waals surface area contributed by atoms with E-state index in [0.717, 1.165) is 27.8 Å². The van der Waals surface area contributed by atoms with Crippen LogP contribution in [0.2, 0.25) is 0 Å². The highest BCUT2D eigenvalue weighted by molar-refractivity contribution is 6.18. The molecule has 3 rings (SSSR count). The predicted octanol–water partition coefficient (Wildman–Crippen LogP) is 5.35. The van der Waals surface area contributed by atoms with Crippen LogP contribution in [0.25, 0.3) is 11.1 Å². The van der Waals surface area contributed by atoms with Crippen molar-refractivity contribution in [2.75, 3.05) is 19.1 Å². The minimum atomic E-state index is -0.0196. The number of aliphatic hydroxyl groups is 1. The number of benzene rings is 3. The molecule has 144 valence electrons. The van der Waals surface area contributed by atoms with Crippen LogP contribution < -0.4 is 4.74 Å². The fourth-order valence-corrected chi connectivity index (χ4v) is 3.36. The van der Waals surface area contributed by atoms with Crippen molar-refractivity contribution in [3.63, 3.8) is 0 Å². The molecule has 0 atom stereocenters. The van der Waals surface area contributed by atoms with Crippen LogP contribution in [0.3, 0.4) is 0 Å². The summed E-state index contributed by atoms with van der Waals surface area (Å²) in [7, 11) is 0. The molecule has 3 aromatic carbocycles. The molecule has 0 saturated carbocycles. The quantitative estimate of drug-likeness (QED) is 0.400. The second kappa shape index (κ2) is 9.98. The van der Waals surface area contributed by atoms with Crippen molar-refractivity contribution in [2.24, 2.45) is 0 Å². The van der Waals surface area contributed by atoms with Gasteiger partial charge < -0.3 is 14.9 Å². The third kappa shape index (κ3) is 4.94. The van der Waals surface area contributed by atoms with E-state index in [4.69, 9.17) is 21.4 Å². The van der Waals surface area contributed by atoms with Gasteiger partial charge in [-0.15, -0.1) is 11.6 Å². The van der Waals surface area contributed by atoms with E-state index in [0.29, 0.717) is 18.1 Å². The highest BCUT2D eigenvalue weighted by Gasteiger charge is 2.14. The number of phenolic OH excluding ortho intramolecular Hbond substituents is 1. The summed E-state index contributed by atoms with van der Waals surface area (Å²) in [5.74, 6) is 1.44. The van der Waals surface area contributed by atoms with Gasteiger partial charge in [-0.3, -0.25) is 0 Å². The molecule has 0 aliphatic carbocycles. The van der Waals surface area contributed by atoms with Gasteiger partial charge in [0.05, 0.1) is 6.61 Å². The maximum Gasteiger partial charge on any atom is 0.119 e. The van der Waals surface area contributed by atoms with Crippen LogP contribution in [0, 0.1) is 0 Å². The number of hydrogen-bond donors (Lipinski definition) is 2. The van der Waals surface area contributed by atoms with Crippen LogP contribution in [0.4, 0.5) is 0 Å². The number of hydrogen-bond acceptors (Lipinski definition) is 3. The fourth-order valence-electron chi connectivity index (χ4n) is 3.17. The van der Waals surface area contributed by atoms with Crippen LogP contribution in [0.5, 0.6) is 11.5 Å². The molecule has 0 saturated heterocycles. The van der Waals surface area contributed by atoms with E-state index in [9.17, 15) is 5.11 Å². The van der Waals surface area contributed by atoms with Crippen molar-refractivity contribution in [3.8, 4) is 11.5 Å². The number of ether oxygens (including phenoxy) is 1. The zero-order valence-electron chi connectivity index (χ0n) is 15.5. The number of allylic oxidation sites excluding steroid dienone is 1. The summed E-state index contributed by atoms with van der Waals surface area (Å²) < 4.78 is 5.48. The molecule has 0 unspecified atom stereocenters. The first-order valence-electron chi connectivity index (χ1n) is 9.21. The molecule has 28 heavy (non-hydrogen) atoms. The standard InChI is InChI=1S/C24H23ClO3/c25-15-14-23(18-4-2-1-3-5-18)24(19-6-10-21(27)11-7-19)20-8-12-22(13-9-20)28-17-16-26/h1-13,26-27H,14-17H2/b24-23-. The third-order valence-corrected chi connectivity index (χ3v) is 4.62. The Morgan fingerprint density at radius 3 is 1.96 bits per heavy atom. The molecule has 0 fully saturated rings. The summed E-state index contributed by atoms with van der Waals surface area (Å²) in [4.78, 5) is 0. The first-order valence-corrected chi connectivity index (χ1v) is 9.74. The lowest BCUT2D eigenvalue weighted by Crippen LogP contribution is -2.01. The normalized spacial score (nSPS) is 11.8. The zero-order chi connectivity index (χ0) is 19.8. The maximum atomic E-state index is 9.71. The number of rotatable bonds is 8. The average Bonchev–Trinajstić information content (AvgIpc) is 2.74. The van der Waals surface area contributed by atoms with Crippen LogP contribution in [-0.2, 0) is 0 Å². The molecule has 3 nitrogen and oxygen atoms in total. The molecule has 0 heterocycles. The zero-order valence-corrected chi connectivity index (χ0v) is 16.3. The summed E-state index contributed by atoms with van der Waals surface area (Å²) in [6, 6.07) is 25.2. The molecular formula is C24H23ClO3. The predicted molar refractivity (Wildman–Crippen MR) is 115 cm³/mol. The molecule has 0 aliphatic heterocycles. The number of halogens is 1. The van der Waals surface area contributed by atoms with E-state index in [1.807, 2.05) is 54.6 Å². The van der Waals surface area contributed by atoms with Gasteiger partial charge in [0.25, 0.3) is 0 Å². The Morgan fingerprint density at radius 1 is 0.786 bits per heavy atom. The van der Waals surface area contributed by atoms with Crippen LogP contribution in [0.15, 0.2) is 78.9 Å². The molecule has 0 radical (unpaired) electrons. The first-order chi connectivity index (χ1) is 13.7. The van der Waals surface area contributed by atoms with Crippen molar-refractivity contribution in [1.29, 1.82) is 0 Å². The first kappa shape index (κ1) is 20.0. The minimum absolute atomic E-state index is 0.0196. The van der Waals surface area contributed by atoms with Gasteiger partial charge in [0, 0.05) is 5.88 Å². The molecular weight excluding hydrogens is 372 g/mol. The van der Waals surface area contributed by atoms with Gasteiger partial charge in [-0.1, -0.05) is 54.6 Å². The Morgan fingerprint density at radius 2 is 1.39 bits per heavy atom. The van der Waals surface area contributed by atoms with Gasteiger partial charge >= 0.3 is 0 Å². The second-order valence-electron chi connectivity index (χ2n) is 6.30. The molecule has 3 aromatic rings. The third-order valence-electron chi connectivity index (χ3n) is 4.43. The van der Waals surface area contributed by atoms with E-state index in [1.54, 1.807) is 12.1 Å². The minimum Gasteiger partial charge on any atom is -0.508 e. The summed E-state index contributed by atoms with van der Waals surface area (Å²) in [6.07, 6.45) is 0.713. The highest BCUT2D eigenvalue weighted by Crippen LogP contribution is 2.35. The molecule has 2 N–H and O–H groups in total. The molecule has 4 heteroatoms. The topological polar surface area (TPSA) is 49.7 Å². The Labute approximate surface area is 170 Å². The largest absolute Gasteiger partial charge is 0.508 e. The number of aromatic hydroxyl groups is 1. The summed E-state index contributed by atoms with van der Waals surface area (Å²) in [5, 5.41) is 18.6. The van der Waals surface area contributed by atoms with E-state index in [-0.39, 0.29) is 19.0 Å². The molecule has 0 spiro atoms. The van der Waals surface area contributed by atoms with E-state index >= 15 is 0 Å². The average molecular weight is 395 g/mol. The smallest absolute Gasteiger partial charge is 0.119 e. The number of phenols is 1. The van der Waals surface area contributed by atoms with E-state index in [2.05, 4.69) is 12.1 Å². The van der Waals surface area contributed by atoms with Crippen molar-refractivity contribution in [3.05, 3.63) is 95.6 Å². The summed E-state index contributed by atoms with van der Waals surface area (Å²) >= 11 is 6.15. The Balaban J connectivity index is 2.15. The van der Waals surface area contributed by atoms with Gasteiger partial charge in [-0.2, -0.15) is 0 Å². The van der Waals surface area contributed by atoms with Crippen molar-refractivity contribution >= 4 is 22.7 Å². The number of alkyl halides is 1. The van der Waals surface area contributed by atoms with Gasteiger partial charge in [-0.25, -0.2) is 0 Å². The van der Waals surface area contributed by atoms with Gasteiger partial charge in [0.15, 0.2) is 0 Å². The Hall–Kier alpha value is -2.75. The molecule has 0 aromatic heterocycles. The molecule has 0 bridgehead atoms. The van der Waals surface area contributed by atoms with E-state index in [1.165, 1.54) is 0 Å². The van der Waals surface area contributed by atoms with Crippen LogP contribution in [0.1, 0.15) is 23.1 Å². The lowest BCUT2D eigenvalue weighted by atomic mass is 9.88. The van der Waals surface area contributed by atoms with Gasteiger partial charge in [-0.05, 0) is 58.5 Å². The maximum absolute atomic E-state index is 9.71. The SMILES string of the molecule is OCCOc1ccc(/C(=C(/CCCl)c2ccccc2)c2ccc(O)cc2)cc1. The van der Waals surface area contributed by atoms with Gasteiger partial charge in [0.2, 0.25) is 0 Å². The van der Waals surface area contributed by atoms with Crippen molar-refractivity contribution in [1.82, 2.24) is 0 Å². The fraction of sp³-hybridized carbons (Fsp3) is 0.167. The van der Waals surface area contributed by atoms with Crippen molar-refractivity contribution in [2.45, 2.75) is 6.42 Å². The Kier molecular flexibility index (Phi) is 7.12. The summed E-state index contributed by atoms with van der Waals surface area (Å²) in [6.45, 7) is 0.246. The molecule has 0 aliphatic rings. The summed E-state index contributed by atoms with van der Waals surface area (Å²) in [5.41, 5.74) is 5.37. The lowest BCUT2D eigenvalue weighted by Gasteiger charge is -2.17. The van der Waals surface area contributed by atoms with Crippen LogP contribution >= 0.6 is 11.6 Å². The monoisotopic (exact) mass is 394 g/mol.